The minimum atomic E-state index is -4.18. The number of carboxylic acids is 2. The van der Waals surface area contributed by atoms with Gasteiger partial charge in [0.2, 0.25) is 0 Å². The van der Waals surface area contributed by atoms with E-state index in [2.05, 4.69) is 10.1 Å². The second-order valence-electron chi connectivity index (χ2n) is 2.82. The van der Waals surface area contributed by atoms with Crippen molar-refractivity contribution in [3.63, 3.8) is 0 Å². The monoisotopic (exact) mass is 245 g/mol. The molecule has 0 aliphatic carbocycles. The normalized spacial score (nSPS) is 15.7. The lowest BCUT2D eigenvalue weighted by atomic mass is 10.2. The third-order valence-corrected chi connectivity index (χ3v) is 1.41. The summed E-state index contributed by atoms with van der Waals surface area (Å²) >= 11 is 0. The lowest BCUT2D eigenvalue weighted by Gasteiger charge is -2.27. The van der Waals surface area contributed by atoms with Crippen molar-refractivity contribution in [2.75, 3.05) is 19.7 Å². The second-order valence-corrected chi connectivity index (χ2v) is 2.82. The summed E-state index contributed by atoms with van der Waals surface area (Å²) in [6, 6.07) is 0. The van der Waals surface area contributed by atoms with Crippen molar-refractivity contribution in [3.8, 4) is 0 Å². The Morgan fingerprint density at radius 2 is 1.69 bits per heavy atom. The van der Waals surface area contributed by atoms with Gasteiger partial charge in [-0.15, -0.1) is 0 Å². The van der Waals surface area contributed by atoms with Crippen LogP contribution < -0.4 is 5.32 Å². The van der Waals surface area contributed by atoms with Crippen LogP contribution in [0.1, 0.15) is 0 Å². The van der Waals surface area contributed by atoms with E-state index in [1.165, 1.54) is 0 Å². The number of rotatable bonds is 2. The first-order chi connectivity index (χ1) is 7.22. The van der Waals surface area contributed by atoms with Gasteiger partial charge >= 0.3 is 18.1 Å². The standard InChI is InChI=1S/C5H8F3NO.C2H2O4/c6-5(7,8)3-10-4-1-9-2-4;3-1(4)2(5)6/h4,9H,1-3H2;(H,3,4)(H,5,6). The van der Waals surface area contributed by atoms with Crippen LogP contribution in [0.15, 0.2) is 0 Å². The zero-order chi connectivity index (χ0) is 12.8. The van der Waals surface area contributed by atoms with Gasteiger partial charge in [0.15, 0.2) is 0 Å². The van der Waals surface area contributed by atoms with Crippen molar-refractivity contribution in [2.24, 2.45) is 0 Å². The fourth-order valence-electron chi connectivity index (χ4n) is 0.592. The summed E-state index contributed by atoms with van der Waals surface area (Å²) in [7, 11) is 0. The fraction of sp³-hybridized carbons (Fsp3) is 0.714. The van der Waals surface area contributed by atoms with Crippen molar-refractivity contribution < 1.29 is 37.7 Å². The molecule has 0 aromatic heterocycles. The van der Waals surface area contributed by atoms with E-state index in [9.17, 15) is 13.2 Å². The molecule has 1 heterocycles. The highest BCUT2D eigenvalue weighted by Gasteiger charge is 2.30. The van der Waals surface area contributed by atoms with Crippen LogP contribution in [0.3, 0.4) is 0 Å². The molecule has 1 rings (SSSR count). The summed E-state index contributed by atoms with van der Waals surface area (Å²) in [5.74, 6) is -3.65. The molecule has 0 radical (unpaired) electrons. The molecule has 0 spiro atoms. The van der Waals surface area contributed by atoms with E-state index in [1.54, 1.807) is 0 Å². The maximum atomic E-state index is 11.4. The van der Waals surface area contributed by atoms with E-state index in [4.69, 9.17) is 19.8 Å². The highest BCUT2D eigenvalue weighted by molar-refractivity contribution is 6.27. The molecule has 94 valence electrons. The van der Waals surface area contributed by atoms with E-state index >= 15 is 0 Å². The lowest BCUT2D eigenvalue weighted by molar-refractivity contribution is -0.189. The Bertz CT molecular complexity index is 239. The maximum Gasteiger partial charge on any atom is 0.414 e. The van der Waals surface area contributed by atoms with Crippen LogP contribution in [0.5, 0.6) is 0 Å². The number of nitrogens with one attached hydrogen (secondary N) is 1. The van der Waals surface area contributed by atoms with Crippen LogP contribution in [0.2, 0.25) is 0 Å². The predicted octanol–water partition coefficient (Wildman–Crippen LogP) is -0.307. The number of carboxylic acid groups (broad SMARTS) is 2. The summed E-state index contributed by atoms with van der Waals surface area (Å²) in [4.78, 5) is 18.2. The minimum absolute atomic E-state index is 0.235. The molecule has 1 aliphatic heterocycles. The number of hydrogen-bond donors (Lipinski definition) is 3. The molecule has 0 atom stereocenters. The van der Waals surface area contributed by atoms with Crippen LogP contribution in [0.4, 0.5) is 13.2 Å². The molecule has 0 bridgehead atoms. The van der Waals surface area contributed by atoms with Gasteiger partial charge in [0.1, 0.15) is 6.61 Å². The summed E-state index contributed by atoms with van der Waals surface area (Å²) in [6.45, 7) is -0.0501. The quantitative estimate of drug-likeness (QED) is 0.578. The van der Waals surface area contributed by atoms with Crippen molar-refractivity contribution in [3.05, 3.63) is 0 Å². The largest absolute Gasteiger partial charge is 0.473 e. The molecular formula is C7H10F3NO5. The summed E-state index contributed by atoms with van der Waals surface area (Å²) in [5, 5.41) is 17.6. The third kappa shape index (κ3) is 8.00. The predicted molar refractivity (Wildman–Crippen MR) is 43.9 cm³/mol. The summed E-state index contributed by atoms with van der Waals surface area (Å²) < 4.78 is 38.7. The molecular weight excluding hydrogens is 235 g/mol. The molecule has 1 aliphatic rings. The van der Waals surface area contributed by atoms with Gasteiger partial charge in [-0.2, -0.15) is 13.2 Å². The zero-order valence-electron chi connectivity index (χ0n) is 7.95. The molecule has 6 nitrogen and oxygen atoms in total. The number of ether oxygens (including phenoxy) is 1. The molecule has 16 heavy (non-hydrogen) atoms. The van der Waals surface area contributed by atoms with Gasteiger partial charge in [0, 0.05) is 13.1 Å². The zero-order valence-corrected chi connectivity index (χ0v) is 7.95. The molecule has 1 fully saturated rings. The Labute approximate surface area is 88.0 Å². The van der Waals surface area contributed by atoms with E-state index in [0.717, 1.165) is 0 Å². The van der Waals surface area contributed by atoms with Crippen molar-refractivity contribution >= 4 is 11.9 Å². The van der Waals surface area contributed by atoms with E-state index in [1.807, 2.05) is 0 Å². The van der Waals surface area contributed by atoms with E-state index in [0.29, 0.717) is 13.1 Å². The molecule has 0 unspecified atom stereocenters. The molecule has 1 saturated heterocycles. The van der Waals surface area contributed by atoms with Crippen LogP contribution >= 0.6 is 0 Å². The molecule has 0 aromatic carbocycles. The average molecular weight is 245 g/mol. The molecule has 9 heteroatoms. The number of alkyl halides is 3. The van der Waals surface area contributed by atoms with Gasteiger partial charge in [-0.25, -0.2) is 9.59 Å². The third-order valence-electron chi connectivity index (χ3n) is 1.41. The van der Waals surface area contributed by atoms with Gasteiger partial charge < -0.3 is 20.3 Å². The summed E-state index contributed by atoms with van der Waals surface area (Å²) in [5.41, 5.74) is 0. The number of halogens is 3. The smallest absolute Gasteiger partial charge is 0.414 e. The van der Waals surface area contributed by atoms with Crippen LogP contribution in [-0.4, -0.2) is 54.1 Å². The number of aliphatic carboxylic acids is 2. The van der Waals surface area contributed by atoms with Crippen LogP contribution in [0, 0.1) is 0 Å². The first-order valence-electron chi connectivity index (χ1n) is 4.07. The number of hydrogen-bond acceptors (Lipinski definition) is 4. The fourth-order valence-corrected chi connectivity index (χ4v) is 0.592. The van der Waals surface area contributed by atoms with Gasteiger partial charge in [0.05, 0.1) is 6.10 Å². The maximum absolute atomic E-state index is 11.4. The topological polar surface area (TPSA) is 95.9 Å². The van der Waals surface area contributed by atoms with E-state index < -0.39 is 24.7 Å². The van der Waals surface area contributed by atoms with E-state index in [-0.39, 0.29) is 6.10 Å². The Kier molecular flexibility index (Phi) is 5.75. The second kappa shape index (κ2) is 6.28. The van der Waals surface area contributed by atoms with Gasteiger partial charge in [-0.3, -0.25) is 0 Å². The van der Waals surface area contributed by atoms with Gasteiger partial charge in [0.25, 0.3) is 0 Å². The highest BCUT2D eigenvalue weighted by atomic mass is 19.4. The van der Waals surface area contributed by atoms with Crippen molar-refractivity contribution in [1.29, 1.82) is 0 Å². The molecule has 0 amide bonds. The van der Waals surface area contributed by atoms with Crippen LogP contribution in [-0.2, 0) is 14.3 Å². The Morgan fingerprint density at radius 1 is 1.25 bits per heavy atom. The average Bonchev–Trinajstić information content (AvgIpc) is 1.99. The first-order valence-corrected chi connectivity index (χ1v) is 4.07. The Morgan fingerprint density at radius 3 is 1.88 bits per heavy atom. The van der Waals surface area contributed by atoms with Gasteiger partial charge in [-0.1, -0.05) is 0 Å². The van der Waals surface area contributed by atoms with Crippen molar-refractivity contribution in [1.82, 2.24) is 5.32 Å². The Hall–Kier alpha value is -1.35. The first kappa shape index (κ1) is 14.6. The highest BCUT2D eigenvalue weighted by Crippen LogP contribution is 2.16. The molecule has 0 aromatic rings. The number of carbonyl (C=O) groups is 2. The Balaban J connectivity index is 0.000000325. The SMILES string of the molecule is FC(F)(F)COC1CNC1.O=C(O)C(=O)O. The summed E-state index contributed by atoms with van der Waals surface area (Å²) in [6.07, 6.45) is -4.42. The van der Waals surface area contributed by atoms with Gasteiger partial charge in [-0.05, 0) is 0 Å². The van der Waals surface area contributed by atoms with Crippen molar-refractivity contribution in [2.45, 2.75) is 12.3 Å². The van der Waals surface area contributed by atoms with Crippen LogP contribution in [0.25, 0.3) is 0 Å². The molecule has 0 saturated carbocycles. The minimum Gasteiger partial charge on any atom is -0.473 e. The lowest BCUT2D eigenvalue weighted by Crippen LogP contribution is -2.49. The molecule has 3 N–H and O–H groups in total.